The van der Waals surface area contributed by atoms with E-state index in [1.165, 1.54) is 7.11 Å². The molecule has 0 fully saturated rings. The molecule has 0 amide bonds. The molecule has 0 aromatic heterocycles. The van der Waals surface area contributed by atoms with Crippen LogP contribution in [0.1, 0.15) is 11.1 Å². The summed E-state index contributed by atoms with van der Waals surface area (Å²) in [6, 6.07) is 8.85. The van der Waals surface area contributed by atoms with Crippen LogP contribution >= 0.6 is 8.60 Å². The highest BCUT2D eigenvalue weighted by molar-refractivity contribution is 7.39. The largest absolute Gasteiger partial charge is 0.493 e. The van der Waals surface area contributed by atoms with Gasteiger partial charge in [0.2, 0.25) is 12.5 Å². The normalized spacial score (nSPS) is 12.7. The number of fused-ring (bicyclic) bond motifs is 1. The van der Waals surface area contributed by atoms with Gasteiger partial charge in [-0.2, -0.15) is 0 Å². The van der Waals surface area contributed by atoms with Crippen molar-refractivity contribution in [1.29, 1.82) is 0 Å². The average Bonchev–Trinajstić information content (AvgIpc) is 3.07. The number of benzene rings is 2. The van der Waals surface area contributed by atoms with Crippen LogP contribution in [0.25, 0.3) is 12.2 Å². The SMILES string of the molecule is COc1ccc(/C=C\c2cc(OC)c3c(c2)OCO3)cc1OP(O)O. The van der Waals surface area contributed by atoms with Crippen LogP contribution in [-0.2, 0) is 0 Å². The molecule has 1 aliphatic heterocycles. The van der Waals surface area contributed by atoms with E-state index in [4.69, 9.17) is 33.3 Å². The van der Waals surface area contributed by atoms with Crippen LogP contribution in [-0.4, -0.2) is 30.8 Å². The Morgan fingerprint density at radius 3 is 2.36 bits per heavy atom. The van der Waals surface area contributed by atoms with E-state index < -0.39 is 8.60 Å². The van der Waals surface area contributed by atoms with Gasteiger partial charge in [0.25, 0.3) is 0 Å². The van der Waals surface area contributed by atoms with E-state index in [1.54, 1.807) is 19.2 Å². The summed E-state index contributed by atoms with van der Waals surface area (Å²) in [6.45, 7) is 0.170. The molecule has 132 valence electrons. The van der Waals surface area contributed by atoms with Crippen LogP contribution in [0.15, 0.2) is 30.3 Å². The Morgan fingerprint density at radius 1 is 0.920 bits per heavy atom. The summed E-state index contributed by atoms with van der Waals surface area (Å²) < 4.78 is 26.2. The molecule has 8 heteroatoms. The van der Waals surface area contributed by atoms with Crippen molar-refractivity contribution in [2.45, 2.75) is 0 Å². The molecule has 0 aliphatic carbocycles. The van der Waals surface area contributed by atoms with Gasteiger partial charge in [-0.05, 0) is 35.4 Å². The van der Waals surface area contributed by atoms with Gasteiger partial charge >= 0.3 is 8.60 Å². The van der Waals surface area contributed by atoms with Crippen LogP contribution in [0.4, 0.5) is 0 Å². The van der Waals surface area contributed by atoms with E-state index in [0.29, 0.717) is 23.0 Å². The smallest absolute Gasteiger partial charge is 0.391 e. The Kier molecular flexibility index (Phi) is 5.28. The molecule has 0 unspecified atom stereocenters. The van der Waals surface area contributed by atoms with Crippen LogP contribution in [0.5, 0.6) is 28.7 Å². The third-order valence-corrected chi connectivity index (χ3v) is 3.88. The lowest BCUT2D eigenvalue weighted by atomic mass is 10.1. The molecule has 25 heavy (non-hydrogen) atoms. The fraction of sp³-hybridized carbons (Fsp3) is 0.176. The summed E-state index contributed by atoms with van der Waals surface area (Å²) in [6.07, 6.45) is 3.72. The van der Waals surface area contributed by atoms with Gasteiger partial charge in [-0.25, -0.2) is 0 Å². The molecule has 0 radical (unpaired) electrons. The van der Waals surface area contributed by atoms with E-state index in [9.17, 15) is 0 Å². The minimum absolute atomic E-state index is 0.170. The van der Waals surface area contributed by atoms with Gasteiger partial charge in [0, 0.05) is 0 Å². The number of hydrogen-bond donors (Lipinski definition) is 2. The van der Waals surface area contributed by atoms with E-state index in [2.05, 4.69) is 0 Å². The summed E-state index contributed by atoms with van der Waals surface area (Å²) in [5.74, 6) is 2.49. The summed E-state index contributed by atoms with van der Waals surface area (Å²) in [4.78, 5) is 18.1. The van der Waals surface area contributed by atoms with Crippen molar-refractivity contribution < 1.29 is 33.3 Å². The Labute approximate surface area is 146 Å². The van der Waals surface area contributed by atoms with Crippen molar-refractivity contribution in [2.75, 3.05) is 21.0 Å². The minimum atomic E-state index is -2.53. The number of methoxy groups -OCH3 is 2. The predicted molar refractivity (Wildman–Crippen MR) is 93.0 cm³/mol. The predicted octanol–water partition coefficient (Wildman–Crippen LogP) is 3.19. The third kappa shape index (κ3) is 3.96. The van der Waals surface area contributed by atoms with Gasteiger partial charge < -0.3 is 33.3 Å². The van der Waals surface area contributed by atoms with Gasteiger partial charge in [-0.15, -0.1) is 0 Å². The highest BCUT2D eigenvalue weighted by Crippen LogP contribution is 2.42. The first-order valence-corrected chi connectivity index (χ1v) is 8.47. The molecular weight excluding hydrogens is 347 g/mol. The van der Waals surface area contributed by atoms with E-state index in [0.717, 1.165) is 11.1 Å². The highest BCUT2D eigenvalue weighted by Gasteiger charge is 2.19. The lowest BCUT2D eigenvalue weighted by molar-refractivity contribution is 0.171. The Morgan fingerprint density at radius 2 is 1.64 bits per heavy atom. The lowest BCUT2D eigenvalue weighted by Gasteiger charge is -2.10. The molecule has 1 aliphatic rings. The Balaban J connectivity index is 1.87. The van der Waals surface area contributed by atoms with Gasteiger partial charge in [-0.1, -0.05) is 18.2 Å². The number of ether oxygens (including phenoxy) is 4. The summed E-state index contributed by atoms with van der Waals surface area (Å²) in [5, 5.41) is 0. The molecule has 0 bridgehead atoms. The van der Waals surface area contributed by atoms with E-state index in [-0.39, 0.29) is 12.5 Å². The van der Waals surface area contributed by atoms with Crippen molar-refractivity contribution in [1.82, 2.24) is 0 Å². The van der Waals surface area contributed by atoms with Gasteiger partial charge in [0.15, 0.2) is 23.0 Å². The summed E-state index contributed by atoms with van der Waals surface area (Å²) in [7, 11) is 0.524. The molecule has 2 aromatic carbocycles. The topological polar surface area (TPSA) is 86.6 Å². The second-order valence-electron chi connectivity index (χ2n) is 5.04. The molecule has 1 heterocycles. The summed E-state index contributed by atoms with van der Waals surface area (Å²) >= 11 is 0. The zero-order chi connectivity index (χ0) is 17.8. The van der Waals surface area contributed by atoms with Crippen LogP contribution in [0.3, 0.4) is 0 Å². The lowest BCUT2D eigenvalue weighted by Crippen LogP contribution is -1.93. The molecule has 2 N–H and O–H groups in total. The van der Waals surface area contributed by atoms with Crippen LogP contribution < -0.4 is 23.5 Å². The molecule has 7 nitrogen and oxygen atoms in total. The fourth-order valence-corrected chi connectivity index (χ4v) is 2.71. The van der Waals surface area contributed by atoms with E-state index >= 15 is 0 Å². The van der Waals surface area contributed by atoms with Crippen LogP contribution in [0, 0.1) is 0 Å². The number of rotatable bonds is 6. The van der Waals surface area contributed by atoms with Crippen molar-refractivity contribution in [3.05, 3.63) is 41.5 Å². The van der Waals surface area contributed by atoms with Crippen molar-refractivity contribution in [3.63, 3.8) is 0 Å². The molecule has 2 aromatic rings. The fourth-order valence-electron chi connectivity index (χ4n) is 2.39. The molecule has 0 saturated carbocycles. The van der Waals surface area contributed by atoms with Crippen molar-refractivity contribution in [2.24, 2.45) is 0 Å². The maximum absolute atomic E-state index is 9.06. The summed E-state index contributed by atoms with van der Waals surface area (Å²) in [5.41, 5.74) is 1.66. The third-order valence-electron chi connectivity index (χ3n) is 3.52. The van der Waals surface area contributed by atoms with Gasteiger partial charge in [0.05, 0.1) is 14.2 Å². The maximum atomic E-state index is 9.06. The first kappa shape index (κ1) is 17.4. The van der Waals surface area contributed by atoms with E-state index in [1.807, 2.05) is 30.4 Å². The van der Waals surface area contributed by atoms with Gasteiger partial charge in [0.1, 0.15) is 0 Å². The minimum Gasteiger partial charge on any atom is -0.493 e. The molecular formula is C17H17O7P. The highest BCUT2D eigenvalue weighted by atomic mass is 31.2. The molecule has 0 atom stereocenters. The molecule has 0 saturated heterocycles. The number of hydrogen-bond acceptors (Lipinski definition) is 7. The molecule has 0 spiro atoms. The van der Waals surface area contributed by atoms with Crippen molar-refractivity contribution >= 4 is 20.8 Å². The standard InChI is InChI=1S/C17H17O7P/c1-20-13-6-5-11(7-14(13)24-25(18)19)3-4-12-8-15(21-2)17-16(9-12)22-10-23-17/h3-9,18-19H,10H2,1-2H3/b4-3-. The second-order valence-corrected chi connectivity index (χ2v) is 5.73. The van der Waals surface area contributed by atoms with Crippen molar-refractivity contribution in [3.8, 4) is 28.7 Å². The molecule has 3 rings (SSSR count). The zero-order valence-corrected chi connectivity index (χ0v) is 14.5. The Bertz CT molecular complexity index is 789. The first-order valence-electron chi connectivity index (χ1n) is 7.30. The zero-order valence-electron chi connectivity index (χ0n) is 13.6. The maximum Gasteiger partial charge on any atom is 0.391 e. The first-order chi connectivity index (χ1) is 12.1. The average molecular weight is 364 g/mol. The second kappa shape index (κ2) is 7.61. The van der Waals surface area contributed by atoms with Gasteiger partial charge in [-0.3, -0.25) is 0 Å². The monoisotopic (exact) mass is 364 g/mol. The quantitative estimate of drug-likeness (QED) is 0.601. The van der Waals surface area contributed by atoms with Crippen LogP contribution in [0.2, 0.25) is 0 Å². The Hall–Kier alpha value is -2.47.